The van der Waals surface area contributed by atoms with Crippen molar-refractivity contribution in [3.63, 3.8) is 0 Å². The lowest BCUT2D eigenvalue weighted by Crippen LogP contribution is -1.99. The number of hydrogen-bond acceptors (Lipinski definition) is 4. The van der Waals surface area contributed by atoms with Crippen LogP contribution in [0.25, 0.3) is 11.3 Å². The van der Waals surface area contributed by atoms with E-state index in [-0.39, 0.29) is 11.5 Å². The third-order valence-corrected chi connectivity index (χ3v) is 3.35. The zero-order valence-electron chi connectivity index (χ0n) is 10.7. The maximum absolute atomic E-state index is 13.8. The van der Waals surface area contributed by atoms with Crippen molar-refractivity contribution in [2.75, 3.05) is 20.0 Å². The SMILES string of the molecule is COc1c(F)cc(Br)c(-c2cc(N)n(C)n2)c1OC. The summed E-state index contributed by atoms with van der Waals surface area (Å²) in [5, 5.41) is 4.26. The second-order valence-electron chi connectivity index (χ2n) is 3.86. The number of anilines is 1. The molecule has 0 aliphatic heterocycles. The highest BCUT2D eigenvalue weighted by Crippen LogP contribution is 2.44. The number of nitrogens with zero attached hydrogens (tertiary/aromatic N) is 2. The topological polar surface area (TPSA) is 62.3 Å². The summed E-state index contributed by atoms with van der Waals surface area (Å²) in [5.41, 5.74) is 6.92. The Morgan fingerprint density at radius 1 is 1.26 bits per heavy atom. The van der Waals surface area contributed by atoms with Crippen molar-refractivity contribution in [1.29, 1.82) is 0 Å². The Bertz CT molecular complexity index is 608. The van der Waals surface area contributed by atoms with Crippen molar-refractivity contribution in [2.45, 2.75) is 0 Å². The number of nitrogens with two attached hydrogens (primary N) is 1. The van der Waals surface area contributed by atoms with Crippen LogP contribution >= 0.6 is 15.9 Å². The molecule has 19 heavy (non-hydrogen) atoms. The van der Waals surface area contributed by atoms with Gasteiger partial charge in [0.15, 0.2) is 17.3 Å². The van der Waals surface area contributed by atoms with Gasteiger partial charge < -0.3 is 15.2 Å². The zero-order chi connectivity index (χ0) is 14.2. The predicted molar refractivity (Wildman–Crippen MR) is 73.8 cm³/mol. The summed E-state index contributed by atoms with van der Waals surface area (Å²) >= 11 is 3.31. The largest absolute Gasteiger partial charge is 0.492 e. The fraction of sp³-hybridized carbons (Fsp3) is 0.250. The van der Waals surface area contributed by atoms with Crippen LogP contribution in [0, 0.1) is 5.82 Å². The number of benzene rings is 1. The maximum atomic E-state index is 13.8. The van der Waals surface area contributed by atoms with Gasteiger partial charge in [-0.15, -0.1) is 0 Å². The van der Waals surface area contributed by atoms with Crippen LogP contribution in [0.2, 0.25) is 0 Å². The summed E-state index contributed by atoms with van der Waals surface area (Å²) in [7, 11) is 4.55. The highest BCUT2D eigenvalue weighted by molar-refractivity contribution is 9.10. The molecule has 1 heterocycles. The van der Waals surface area contributed by atoms with Crippen LogP contribution in [0.4, 0.5) is 10.2 Å². The summed E-state index contributed by atoms with van der Waals surface area (Å²) in [6, 6.07) is 2.99. The summed E-state index contributed by atoms with van der Waals surface area (Å²) in [6.45, 7) is 0. The molecule has 0 fully saturated rings. The first-order valence-electron chi connectivity index (χ1n) is 5.39. The molecule has 0 saturated heterocycles. The average Bonchev–Trinajstić information content (AvgIpc) is 2.68. The van der Waals surface area contributed by atoms with E-state index >= 15 is 0 Å². The van der Waals surface area contributed by atoms with Gasteiger partial charge in [-0.3, -0.25) is 4.68 Å². The van der Waals surface area contributed by atoms with Gasteiger partial charge in [0.05, 0.1) is 25.5 Å². The minimum atomic E-state index is -0.515. The molecule has 2 aromatic rings. The van der Waals surface area contributed by atoms with Gasteiger partial charge in [0, 0.05) is 17.6 Å². The van der Waals surface area contributed by atoms with E-state index in [0.717, 1.165) is 0 Å². The van der Waals surface area contributed by atoms with Crippen LogP contribution in [0.1, 0.15) is 0 Å². The first-order chi connectivity index (χ1) is 8.99. The number of hydrogen-bond donors (Lipinski definition) is 1. The Labute approximate surface area is 118 Å². The summed E-state index contributed by atoms with van der Waals surface area (Å²) in [5.74, 6) is 0.281. The molecule has 2 rings (SSSR count). The highest BCUT2D eigenvalue weighted by Gasteiger charge is 2.22. The van der Waals surface area contributed by atoms with E-state index in [0.29, 0.717) is 21.5 Å². The van der Waals surface area contributed by atoms with Gasteiger partial charge in [-0.1, -0.05) is 0 Å². The number of nitrogen functional groups attached to an aromatic ring is 1. The molecule has 0 aliphatic carbocycles. The van der Waals surface area contributed by atoms with Crippen LogP contribution < -0.4 is 15.2 Å². The van der Waals surface area contributed by atoms with Gasteiger partial charge in [-0.2, -0.15) is 5.10 Å². The molecule has 1 aromatic heterocycles. The number of ether oxygens (including phenoxy) is 2. The Morgan fingerprint density at radius 3 is 2.37 bits per heavy atom. The van der Waals surface area contributed by atoms with E-state index in [4.69, 9.17) is 15.2 Å². The lowest BCUT2D eigenvalue weighted by atomic mass is 10.1. The molecular weight excluding hydrogens is 317 g/mol. The molecule has 0 radical (unpaired) electrons. The van der Waals surface area contributed by atoms with E-state index in [1.807, 2.05) is 0 Å². The second-order valence-corrected chi connectivity index (χ2v) is 4.71. The fourth-order valence-corrected chi connectivity index (χ4v) is 2.39. The summed E-state index contributed by atoms with van der Waals surface area (Å²) < 4.78 is 26.1. The minimum Gasteiger partial charge on any atom is -0.492 e. The monoisotopic (exact) mass is 329 g/mol. The molecule has 7 heteroatoms. The number of aromatic nitrogens is 2. The van der Waals surface area contributed by atoms with Crippen LogP contribution in [-0.2, 0) is 7.05 Å². The Morgan fingerprint density at radius 2 is 1.89 bits per heavy atom. The van der Waals surface area contributed by atoms with E-state index in [1.165, 1.54) is 25.0 Å². The van der Waals surface area contributed by atoms with Crippen LogP contribution in [-0.4, -0.2) is 24.0 Å². The lowest BCUT2D eigenvalue weighted by Gasteiger charge is -2.13. The first kappa shape index (κ1) is 13.7. The van der Waals surface area contributed by atoms with Crippen molar-refractivity contribution in [3.8, 4) is 22.8 Å². The minimum absolute atomic E-state index is 0.0323. The molecular formula is C12H13BrFN3O2. The average molecular weight is 330 g/mol. The Balaban J connectivity index is 2.75. The Kier molecular flexibility index (Phi) is 3.66. The molecule has 2 N–H and O–H groups in total. The molecule has 1 aromatic carbocycles. The van der Waals surface area contributed by atoms with Crippen LogP contribution in [0.3, 0.4) is 0 Å². The van der Waals surface area contributed by atoms with Gasteiger partial charge >= 0.3 is 0 Å². The number of aryl methyl sites for hydroxylation is 1. The molecule has 102 valence electrons. The third-order valence-electron chi connectivity index (χ3n) is 2.72. The number of rotatable bonds is 3. The maximum Gasteiger partial charge on any atom is 0.197 e. The van der Waals surface area contributed by atoms with Gasteiger partial charge in [0.1, 0.15) is 5.82 Å². The standard InChI is InChI=1S/C12H13BrFN3O2/c1-17-9(15)5-8(16-17)10-6(13)4-7(14)11(18-2)12(10)19-3/h4-5H,15H2,1-3H3. The van der Waals surface area contributed by atoms with Crippen LogP contribution in [0.15, 0.2) is 16.6 Å². The van der Waals surface area contributed by atoms with Gasteiger partial charge in [-0.25, -0.2) is 4.39 Å². The number of halogens is 2. The van der Waals surface area contributed by atoms with Crippen molar-refractivity contribution < 1.29 is 13.9 Å². The van der Waals surface area contributed by atoms with Crippen molar-refractivity contribution in [1.82, 2.24) is 9.78 Å². The molecule has 0 spiro atoms. The molecule has 0 atom stereocenters. The van der Waals surface area contributed by atoms with Crippen molar-refractivity contribution in [2.24, 2.45) is 7.05 Å². The fourth-order valence-electron chi connectivity index (χ4n) is 1.81. The smallest absolute Gasteiger partial charge is 0.197 e. The van der Waals surface area contributed by atoms with Gasteiger partial charge in [-0.05, 0) is 22.0 Å². The molecule has 0 aliphatic rings. The lowest BCUT2D eigenvalue weighted by molar-refractivity contribution is 0.338. The first-order valence-corrected chi connectivity index (χ1v) is 6.18. The molecule has 0 saturated carbocycles. The summed E-state index contributed by atoms with van der Waals surface area (Å²) in [4.78, 5) is 0. The third kappa shape index (κ3) is 2.25. The van der Waals surface area contributed by atoms with Gasteiger partial charge in [0.2, 0.25) is 0 Å². The second kappa shape index (κ2) is 5.08. The molecule has 5 nitrogen and oxygen atoms in total. The van der Waals surface area contributed by atoms with Gasteiger partial charge in [0.25, 0.3) is 0 Å². The van der Waals surface area contributed by atoms with E-state index in [9.17, 15) is 4.39 Å². The quantitative estimate of drug-likeness (QED) is 0.940. The van der Waals surface area contributed by atoms with Crippen molar-refractivity contribution in [3.05, 3.63) is 22.4 Å². The molecule has 0 bridgehead atoms. The summed E-state index contributed by atoms with van der Waals surface area (Å²) in [6.07, 6.45) is 0. The molecule has 0 amide bonds. The van der Waals surface area contributed by atoms with E-state index in [2.05, 4.69) is 21.0 Å². The predicted octanol–water partition coefficient (Wildman–Crippen LogP) is 2.59. The molecule has 0 unspecified atom stereocenters. The Hall–Kier alpha value is -1.76. The van der Waals surface area contributed by atoms with Crippen molar-refractivity contribution >= 4 is 21.7 Å². The highest BCUT2D eigenvalue weighted by atomic mass is 79.9. The normalized spacial score (nSPS) is 10.6. The van der Waals surface area contributed by atoms with E-state index < -0.39 is 5.82 Å². The number of methoxy groups -OCH3 is 2. The van der Waals surface area contributed by atoms with Crippen LogP contribution in [0.5, 0.6) is 11.5 Å². The zero-order valence-corrected chi connectivity index (χ0v) is 12.3. The van der Waals surface area contributed by atoms with E-state index in [1.54, 1.807) is 13.1 Å².